The number of amides is 1. The van der Waals surface area contributed by atoms with Crippen molar-refractivity contribution in [1.82, 2.24) is 40.0 Å². The number of nitrogens with zero attached hydrogens (tertiary/aromatic N) is 6. The van der Waals surface area contributed by atoms with E-state index >= 15 is 0 Å². The molecular formula is C26H29N9OS. The molecule has 0 spiro atoms. The van der Waals surface area contributed by atoms with Crippen LogP contribution in [0.5, 0.6) is 0 Å². The number of H-pyrrole nitrogens is 1. The molecule has 0 radical (unpaired) electrons. The summed E-state index contributed by atoms with van der Waals surface area (Å²) >= 11 is 1.64. The summed E-state index contributed by atoms with van der Waals surface area (Å²) in [6, 6.07) is 11.6. The van der Waals surface area contributed by atoms with Gasteiger partial charge in [0.1, 0.15) is 11.5 Å². The predicted molar refractivity (Wildman–Crippen MR) is 146 cm³/mol. The minimum Gasteiger partial charge on any atom is -0.350 e. The minimum absolute atomic E-state index is 0.167. The fourth-order valence-electron chi connectivity index (χ4n) is 4.21. The van der Waals surface area contributed by atoms with Crippen LogP contribution in [-0.4, -0.2) is 66.3 Å². The Balaban J connectivity index is 1.46. The number of likely N-dealkylation sites (N-methyl/N-ethyl adjacent to an activating group) is 1. The number of rotatable bonds is 10. The summed E-state index contributed by atoms with van der Waals surface area (Å²) in [7, 11) is 0. The average Bonchev–Trinajstić information content (AvgIpc) is 3.69. The molecule has 0 aromatic carbocycles. The Morgan fingerprint density at radius 2 is 2.00 bits per heavy atom. The highest BCUT2D eigenvalue weighted by atomic mass is 32.1. The van der Waals surface area contributed by atoms with Crippen LogP contribution in [0, 0.1) is 0 Å². The van der Waals surface area contributed by atoms with Crippen molar-refractivity contribution in [3.05, 3.63) is 65.9 Å². The topological polar surface area (TPSA) is 116 Å². The highest BCUT2D eigenvalue weighted by Crippen LogP contribution is 2.26. The maximum absolute atomic E-state index is 13.2. The van der Waals surface area contributed by atoms with Crippen LogP contribution in [0.3, 0.4) is 0 Å². The highest BCUT2D eigenvalue weighted by molar-refractivity contribution is 7.13. The van der Waals surface area contributed by atoms with Crippen LogP contribution in [0.4, 0.5) is 11.5 Å². The third-order valence-electron chi connectivity index (χ3n) is 6.21. The number of nitrogens with one attached hydrogen (secondary N) is 3. The first-order valence-corrected chi connectivity index (χ1v) is 13.1. The lowest BCUT2D eigenvalue weighted by Crippen LogP contribution is -2.42. The number of pyridine rings is 1. The van der Waals surface area contributed by atoms with Gasteiger partial charge in [0.2, 0.25) is 0 Å². The number of thiophene rings is 1. The molecular weight excluding hydrogens is 486 g/mol. The Kier molecular flexibility index (Phi) is 7.24. The molecule has 0 saturated carbocycles. The molecule has 5 aromatic heterocycles. The smallest absolute Gasteiger partial charge is 0.251 e. The van der Waals surface area contributed by atoms with Gasteiger partial charge in [-0.05, 0) is 49.7 Å². The Hall–Kier alpha value is -4.09. The summed E-state index contributed by atoms with van der Waals surface area (Å²) in [5.41, 5.74) is 4.01. The van der Waals surface area contributed by atoms with Crippen molar-refractivity contribution < 1.29 is 4.79 Å². The molecule has 3 N–H and O–H groups in total. The van der Waals surface area contributed by atoms with E-state index < -0.39 is 0 Å². The van der Waals surface area contributed by atoms with Gasteiger partial charge >= 0.3 is 0 Å². The number of aromatic nitrogens is 6. The first kappa shape index (κ1) is 24.6. The van der Waals surface area contributed by atoms with Gasteiger partial charge in [0, 0.05) is 36.6 Å². The summed E-state index contributed by atoms with van der Waals surface area (Å²) in [6.45, 7) is 8.77. The number of fused-ring (bicyclic) bond motifs is 1. The molecule has 11 heteroatoms. The predicted octanol–water partition coefficient (Wildman–Crippen LogP) is 4.45. The van der Waals surface area contributed by atoms with Gasteiger partial charge in [0.15, 0.2) is 5.65 Å². The Morgan fingerprint density at radius 1 is 1.14 bits per heavy atom. The zero-order valence-electron chi connectivity index (χ0n) is 21.0. The maximum Gasteiger partial charge on any atom is 0.251 e. The fourth-order valence-corrected chi connectivity index (χ4v) is 4.90. The average molecular weight is 516 g/mol. The summed E-state index contributed by atoms with van der Waals surface area (Å²) in [4.78, 5) is 26.1. The molecule has 1 unspecified atom stereocenters. The van der Waals surface area contributed by atoms with E-state index in [4.69, 9.17) is 9.97 Å². The molecule has 0 aliphatic carbocycles. The van der Waals surface area contributed by atoms with Crippen molar-refractivity contribution in [3.63, 3.8) is 0 Å². The zero-order valence-corrected chi connectivity index (χ0v) is 21.8. The highest BCUT2D eigenvalue weighted by Gasteiger charge is 2.17. The largest absolute Gasteiger partial charge is 0.350 e. The number of hydrogen-bond acceptors (Lipinski definition) is 8. The lowest BCUT2D eigenvalue weighted by atomic mass is 10.1. The molecule has 10 nitrogen and oxygen atoms in total. The minimum atomic E-state index is -0.167. The standard InChI is InChI=1S/C26H29N9OS/c1-4-34(5-2)17(3)14-27-26(36)18-11-21(31-24(12-18)30-19-15-28-29-16-19)22-13-25-32-20(8-9-35(25)33-22)23-7-6-10-37-23/h6-13,15-17H,4-5,14H2,1-3H3,(H,27,36)(H,28,29)(H,30,31). The van der Waals surface area contributed by atoms with Crippen molar-refractivity contribution >= 4 is 34.4 Å². The summed E-state index contributed by atoms with van der Waals surface area (Å²) < 4.78 is 1.72. The van der Waals surface area contributed by atoms with Gasteiger partial charge in [-0.2, -0.15) is 10.2 Å². The molecule has 0 saturated heterocycles. The van der Waals surface area contributed by atoms with Crippen LogP contribution in [0.1, 0.15) is 31.1 Å². The van der Waals surface area contributed by atoms with E-state index in [1.54, 1.807) is 40.4 Å². The van der Waals surface area contributed by atoms with Crippen molar-refractivity contribution in [1.29, 1.82) is 0 Å². The first-order valence-electron chi connectivity index (χ1n) is 12.2. The van der Waals surface area contributed by atoms with Crippen molar-refractivity contribution in [2.45, 2.75) is 26.8 Å². The van der Waals surface area contributed by atoms with Gasteiger partial charge in [0.25, 0.3) is 5.91 Å². The molecule has 0 aliphatic rings. The molecule has 1 atom stereocenters. The molecule has 5 rings (SSSR count). The molecule has 0 fully saturated rings. The summed E-state index contributed by atoms with van der Waals surface area (Å²) in [5, 5.41) is 19.7. The first-order chi connectivity index (χ1) is 18.0. The van der Waals surface area contributed by atoms with Crippen LogP contribution in [0.15, 0.2) is 60.4 Å². The fraction of sp³-hybridized carbons (Fsp3) is 0.269. The van der Waals surface area contributed by atoms with E-state index in [0.717, 1.165) is 29.3 Å². The van der Waals surface area contributed by atoms with Crippen LogP contribution in [-0.2, 0) is 0 Å². The van der Waals surface area contributed by atoms with Gasteiger partial charge in [-0.25, -0.2) is 14.5 Å². The lowest BCUT2D eigenvalue weighted by molar-refractivity contribution is 0.0938. The van der Waals surface area contributed by atoms with Gasteiger partial charge in [0.05, 0.1) is 28.1 Å². The van der Waals surface area contributed by atoms with E-state index in [2.05, 4.69) is 51.6 Å². The van der Waals surface area contributed by atoms with Crippen LogP contribution < -0.4 is 10.6 Å². The van der Waals surface area contributed by atoms with Gasteiger partial charge in [-0.15, -0.1) is 11.3 Å². The second-order valence-corrected chi connectivity index (χ2v) is 9.59. The van der Waals surface area contributed by atoms with E-state index in [1.165, 1.54) is 0 Å². The van der Waals surface area contributed by atoms with Crippen LogP contribution in [0.25, 0.3) is 27.6 Å². The van der Waals surface area contributed by atoms with Gasteiger partial charge in [-0.3, -0.25) is 14.8 Å². The number of carbonyl (C=O) groups is 1. The molecule has 5 aromatic rings. The van der Waals surface area contributed by atoms with E-state index in [9.17, 15) is 4.79 Å². The van der Waals surface area contributed by atoms with Gasteiger partial charge in [-0.1, -0.05) is 19.9 Å². The molecule has 37 heavy (non-hydrogen) atoms. The number of hydrogen-bond donors (Lipinski definition) is 3. The van der Waals surface area contributed by atoms with Gasteiger partial charge < -0.3 is 10.6 Å². The third-order valence-corrected chi connectivity index (χ3v) is 7.10. The maximum atomic E-state index is 13.2. The van der Waals surface area contributed by atoms with E-state index in [0.29, 0.717) is 35.0 Å². The second kappa shape index (κ2) is 10.9. The monoisotopic (exact) mass is 515 g/mol. The third kappa shape index (κ3) is 5.52. The molecule has 1 amide bonds. The SMILES string of the molecule is CCN(CC)C(C)CNC(=O)c1cc(Nc2cn[nH]c2)nc(-c2cc3nc(-c4cccs4)ccn3n2)c1. The number of aromatic amines is 1. The molecule has 0 bridgehead atoms. The van der Waals surface area contributed by atoms with Crippen molar-refractivity contribution in [2.24, 2.45) is 0 Å². The van der Waals surface area contributed by atoms with E-state index in [-0.39, 0.29) is 11.9 Å². The molecule has 5 heterocycles. The molecule has 0 aliphatic heterocycles. The van der Waals surface area contributed by atoms with Crippen LogP contribution >= 0.6 is 11.3 Å². The number of anilines is 2. The number of carbonyl (C=O) groups excluding carboxylic acids is 1. The lowest BCUT2D eigenvalue weighted by Gasteiger charge is -2.26. The Morgan fingerprint density at radius 3 is 2.73 bits per heavy atom. The molecule has 190 valence electrons. The summed E-state index contributed by atoms with van der Waals surface area (Å²) in [6.07, 6.45) is 5.26. The quantitative estimate of drug-likeness (QED) is 0.252. The van der Waals surface area contributed by atoms with E-state index in [1.807, 2.05) is 35.8 Å². The Labute approximate surface area is 218 Å². The van der Waals surface area contributed by atoms with Crippen molar-refractivity contribution in [2.75, 3.05) is 25.0 Å². The van der Waals surface area contributed by atoms with Crippen molar-refractivity contribution in [3.8, 4) is 22.0 Å². The Bertz CT molecular complexity index is 1470. The summed E-state index contributed by atoms with van der Waals surface area (Å²) in [5.74, 6) is 0.352. The zero-order chi connectivity index (χ0) is 25.8. The normalized spacial score (nSPS) is 12.2. The van der Waals surface area contributed by atoms with Crippen LogP contribution in [0.2, 0.25) is 0 Å². The second-order valence-electron chi connectivity index (χ2n) is 8.64.